The minimum absolute atomic E-state index is 0.0449. The van der Waals surface area contributed by atoms with E-state index in [4.69, 9.17) is 4.74 Å². The summed E-state index contributed by atoms with van der Waals surface area (Å²) in [5, 5.41) is 6.92. The lowest BCUT2D eigenvalue weighted by Crippen LogP contribution is -2.45. The lowest BCUT2D eigenvalue weighted by Gasteiger charge is -2.29. The van der Waals surface area contributed by atoms with Gasteiger partial charge in [0.1, 0.15) is 0 Å². The van der Waals surface area contributed by atoms with Crippen LogP contribution in [0.5, 0.6) is 0 Å². The molecule has 6 heteroatoms. The molecule has 0 aromatic heterocycles. The summed E-state index contributed by atoms with van der Waals surface area (Å²) in [7, 11) is 1.80. The number of nitrogens with one attached hydrogen (secondary N) is 2. The number of ether oxygens (including phenoxy) is 1. The van der Waals surface area contributed by atoms with E-state index < -0.39 is 0 Å². The van der Waals surface area contributed by atoms with E-state index in [0.29, 0.717) is 12.6 Å². The summed E-state index contributed by atoms with van der Waals surface area (Å²) in [5.74, 6) is 0.820. The molecule has 0 unspecified atom stereocenters. The van der Waals surface area contributed by atoms with Crippen molar-refractivity contribution in [1.82, 2.24) is 10.6 Å². The number of nitrogens with zero attached hydrogens (tertiary/aromatic N) is 2. The van der Waals surface area contributed by atoms with Crippen molar-refractivity contribution in [2.45, 2.75) is 45.2 Å². The normalized spacial score (nSPS) is 22.2. The predicted molar refractivity (Wildman–Crippen MR) is 114 cm³/mol. The lowest BCUT2D eigenvalue weighted by molar-refractivity contribution is -0.149. The number of carbonyl (C=O) groups excluding carboxylic acids is 1. The van der Waals surface area contributed by atoms with Gasteiger partial charge in [0.25, 0.3) is 0 Å². The van der Waals surface area contributed by atoms with Crippen molar-refractivity contribution in [2.24, 2.45) is 10.9 Å². The fourth-order valence-electron chi connectivity index (χ4n) is 3.86. The second kappa shape index (κ2) is 10.2. The Morgan fingerprint density at radius 3 is 2.64 bits per heavy atom. The van der Waals surface area contributed by atoms with Crippen molar-refractivity contribution < 1.29 is 9.53 Å². The predicted octanol–water partition coefficient (Wildman–Crippen LogP) is 2.85. The molecule has 3 rings (SSSR count). The van der Waals surface area contributed by atoms with Crippen molar-refractivity contribution in [1.29, 1.82) is 0 Å². The molecule has 0 saturated heterocycles. The molecule has 6 nitrogen and oxygen atoms in total. The van der Waals surface area contributed by atoms with E-state index in [1.165, 1.54) is 11.3 Å². The third kappa shape index (κ3) is 5.50. The molecule has 0 spiro atoms. The average molecular weight is 385 g/mol. The van der Waals surface area contributed by atoms with Crippen molar-refractivity contribution >= 4 is 17.6 Å². The van der Waals surface area contributed by atoms with Crippen LogP contribution in [0.1, 0.15) is 38.2 Å². The highest BCUT2D eigenvalue weighted by Gasteiger charge is 2.27. The zero-order chi connectivity index (χ0) is 19.8. The number of rotatable bonds is 6. The Morgan fingerprint density at radius 1 is 1.21 bits per heavy atom. The highest BCUT2D eigenvalue weighted by Crippen LogP contribution is 2.25. The van der Waals surface area contributed by atoms with Crippen molar-refractivity contribution in [2.75, 3.05) is 31.6 Å². The lowest BCUT2D eigenvalue weighted by atomic mass is 9.86. The number of benzene rings is 1. The molecule has 2 N–H and O–H groups in total. The van der Waals surface area contributed by atoms with E-state index in [0.717, 1.165) is 51.3 Å². The molecule has 1 aliphatic carbocycles. The Morgan fingerprint density at radius 2 is 1.96 bits per heavy atom. The fraction of sp³-hybridized carbons (Fsp3) is 0.545. The standard InChI is InChI=1S/C22H32N4O2/c1-3-28-21(27)18-9-11-19(12-10-18)25-22(23-2)24-16-17-7-6-8-20(15-17)26-13-4-5-14-26/h4-8,15,18-19H,3,9-14,16H2,1-2H3,(H2,23,24,25). The fourth-order valence-corrected chi connectivity index (χ4v) is 3.86. The van der Waals surface area contributed by atoms with E-state index in [1.807, 2.05) is 6.92 Å². The molecule has 0 amide bonds. The first-order chi connectivity index (χ1) is 13.7. The summed E-state index contributed by atoms with van der Waals surface area (Å²) in [5.41, 5.74) is 2.49. The van der Waals surface area contributed by atoms with Crippen LogP contribution in [0.2, 0.25) is 0 Å². The van der Waals surface area contributed by atoms with Crippen LogP contribution >= 0.6 is 0 Å². The molecule has 1 aromatic carbocycles. The van der Waals surface area contributed by atoms with Crippen LogP contribution in [0, 0.1) is 5.92 Å². The molecule has 2 aliphatic rings. The van der Waals surface area contributed by atoms with Crippen LogP contribution in [0.3, 0.4) is 0 Å². The van der Waals surface area contributed by atoms with Gasteiger partial charge in [0.2, 0.25) is 0 Å². The van der Waals surface area contributed by atoms with Gasteiger partial charge in [-0.3, -0.25) is 9.79 Å². The van der Waals surface area contributed by atoms with E-state index in [-0.39, 0.29) is 11.9 Å². The maximum Gasteiger partial charge on any atom is 0.308 e. The number of carbonyl (C=O) groups is 1. The third-order valence-corrected chi connectivity index (χ3v) is 5.47. The van der Waals surface area contributed by atoms with Gasteiger partial charge in [-0.05, 0) is 50.3 Å². The first-order valence-corrected chi connectivity index (χ1v) is 10.3. The largest absolute Gasteiger partial charge is 0.466 e. The van der Waals surface area contributed by atoms with Gasteiger partial charge in [-0.2, -0.15) is 0 Å². The van der Waals surface area contributed by atoms with Crippen LogP contribution in [0.25, 0.3) is 0 Å². The highest BCUT2D eigenvalue weighted by molar-refractivity contribution is 5.80. The summed E-state index contributed by atoms with van der Waals surface area (Å²) in [6.45, 7) is 5.01. The van der Waals surface area contributed by atoms with Crippen LogP contribution < -0.4 is 15.5 Å². The van der Waals surface area contributed by atoms with Crippen LogP contribution in [0.15, 0.2) is 41.4 Å². The summed E-state index contributed by atoms with van der Waals surface area (Å²) in [6, 6.07) is 8.98. The van der Waals surface area contributed by atoms with Gasteiger partial charge in [0, 0.05) is 38.4 Å². The molecular formula is C22H32N4O2. The number of anilines is 1. The Labute approximate surface area is 168 Å². The molecule has 0 radical (unpaired) electrons. The Hall–Kier alpha value is -2.50. The minimum atomic E-state index is -0.0449. The highest BCUT2D eigenvalue weighted by atomic mass is 16.5. The average Bonchev–Trinajstić information content (AvgIpc) is 3.27. The molecular weight excluding hydrogens is 352 g/mol. The molecule has 1 aromatic rings. The summed E-state index contributed by atoms with van der Waals surface area (Å²) >= 11 is 0. The number of hydrogen-bond donors (Lipinski definition) is 2. The van der Waals surface area contributed by atoms with Gasteiger partial charge < -0.3 is 20.3 Å². The maximum atomic E-state index is 11.9. The third-order valence-electron chi connectivity index (χ3n) is 5.47. The van der Waals surface area contributed by atoms with Gasteiger partial charge in [0.05, 0.1) is 12.5 Å². The molecule has 152 valence electrons. The number of guanidine groups is 1. The second-order valence-electron chi connectivity index (χ2n) is 7.42. The summed E-state index contributed by atoms with van der Waals surface area (Å²) in [4.78, 5) is 18.6. The first kappa shape index (κ1) is 20.2. The molecule has 1 aliphatic heterocycles. The van der Waals surface area contributed by atoms with Crippen molar-refractivity contribution in [3.05, 3.63) is 42.0 Å². The van der Waals surface area contributed by atoms with Crippen LogP contribution in [-0.4, -0.2) is 44.7 Å². The van der Waals surface area contributed by atoms with E-state index in [1.54, 1.807) is 7.05 Å². The second-order valence-corrected chi connectivity index (χ2v) is 7.42. The summed E-state index contributed by atoms with van der Waals surface area (Å²) in [6.07, 6.45) is 8.07. The first-order valence-electron chi connectivity index (χ1n) is 10.3. The Bertz CT molecular complexity index is 700. The van der Waals surface area contributed by atoms with Gasteiger partial charge in [-0.15, -0.1) is 0 Å². The SMILES string of the molecule is CCOC(=O)C1CCC(NC(=NC)NCc2cccc(N3CC=CC3)c2)CC1. The zero-order valence-corrected chi connectivity index (χ0v) is 17.0. The molecule has 1 saturated carbocycles. The maximum absolute atomic E-state index is 11.9. The molecule has 0 atom stereocenters. The van der Waals surface area contributed by atoms with E-state index in [9.17, 15) is 4.79 Å². The smallest absolute Gasteiger partial charge is 0.308 e. The minimum Gasteiger partial charge on any atom is -0.466 e. The van der Waals surface area contributed by atoms with Gasteiger partial charge in [-0.1, -0.05) is 24.3 Å². The number of hydrogen-bond acceptors (Lipinski definition) is 4. The number of esters is 1. The monoisotopic (exact) mass is 384 g/mol. The molecule has 1 heterocycles. The van der Waals surface area contributed by atoms with Crippen LogP contribution in [0.4, 0.5) is 5.69 Å². The topological polar surface area (TPSA) is 66.0 Å². The Kier molecular flexibility index (Phi) is 7.34. The zero-order valence-electron chi connectivity index (χ0n) is 17.0. The van der Waals surface area contributed by atoms with Gasteiger partial charge in [0.15, 0.2) is 5.96 Å². The quantitative estimate of drug-likeness (QED) is 0.342. The molecule has 1 fully saturated rings. The summed E-state index contributed by atoms with van der Waals surface area (Å²) < 4.78 is 5.15. The van der Waals surface area contributed by atoms with Gasteiger partial charge >= 0.3 is 5.97 Å². The van der Waals surface area contributed by atoms with Gasteiger partial charge in [-0.25, -0.2) is 0 Å². The molecule has 28 heavy (non-hydrogen) atoms. The van der Waals surface area contributed by atoms with Crippen molar-refractivity contribution in [3.63, 3.8) is 0 Å². The van der Waals surface area contributed by atoms with E-state index in [2.05, 4.69) is 56.9 Å². The Balaban J connectivity index is 1.45. The van der Waals surface area contributed by atoms with E-state index >= 15 is 0 Å². The number of aliphatic imine (C=N–C) groups is 1. The van der Waals surface area contributed by atoms with Crippen molar-refractivity contribution in [3.8, 4) is 0 Å². The van der Waals surface area contributed by atoms with Crippen LogP contribution in [-0.2, 0) is 16.1 Å². The molecule has 0 bridgehead atoms.